The molecule has 4 rings (SSSR count). The van der Waals surface area contributed by atoms with Gasteiger partial charge in [-0.25, -0.2) is 0 Å². The molecule has 0 radical (unpaired) electrons. The number of piperidine rings is 2. The van der Waals surface area contributed by atoms with E-state index in [2.05, 4.69) is 15.5 Å². The van der Waals surface area contributed by atoms with Gasteiger partial charge in [-0.1, -0.05) is 30.3 Å². The Balaban J connectivity index is 1.15. The van der Waals surface area contributed by atoms with Crippen molar-refractivity contribution in [3.8, 4) is 0 Å². The molecule has 2 heterocycles. The monoisotopic (exact) mass is 371 g/mol. The fourth-order valence-electron chi connectivity index (χ4n) is 4.96. The summed E-state index contributed by atoms with van der Waals surface area (Å²) in [5.74, 6) is 1.13. The van der Waals surface area contributed by atoms with Gasteiger partial charge in [-0.15, -0.1) is 0 Å². The van der Waals surface area contributed by atoms with Crippen LogP contribution >= 0.6 is 0 Å². The number of carbonyl (C=O) groups is 1. The van der Waals surface area contributed by atoms with Crippen molar-refractivity contribution in [2.24, 2.45) is 17.3 Å². The lowest BCUT2D eigenvalue weighted by atomic mass is 9.91. The molecule has 2 unspecified atom stereocenters. The Morgan fingerprint density at radius 3 is 2.63 bits per heavy atom. The largest absolute Gasteiger partial charge is 0.387 e. The molecule has 1 aromatic rings. The van der Waals surface area contributed by atoms with Crippen LogP contribution in [0.15, 0.2) is 30.3 Å². The van der Waals surface area contributed by atoms with E-state index in [0.717, 1.165) is 70.4 Å². The molecule has 3 N–H and O–H groups in total. The summed E-state index contributed by atoms with van der Waals surface area (Å²) < 4.78 is 0. The van der Waals surface area contributed by atoms with Crippen LogP contribution in [0.5, 0.6) is 0 Å². The van der Waals surface area contributed by atoms with E-state index in [1.807, 2.05) is 30.3 Å². The van der Waals surface area contributed by atoms with Crippen LogP contribution in [0.4, 0.5) is 0 Å². The number of nitrogens with one attached hydrogen (secondary N) is 2. The molecule has 3 aliphatic rings. The van der Waals surface area contributed by atoms with Crippen molar-refractivity contribution in [3.63, 3.8) is 0 Å². The molecule has 1 amide bonds. The highest BCUT2D eigenvalue weighted by Crippen LogP contribution is 2.58. The van der Waals surface area contributed by atoms with Crippen LogP contribution < -0.4 is 10.6 Å². The summed E-state index contributed by atoms with van der Waals surface area (Å²) in [5.41, 5.74) is 1.31. The summed E-state index contributed by atoms with van der Waals surface area (Å²) in [6.07, 6.45) is 5.19. The number of carbonyl (C=O) groups excluding carboxylic acids is 1. The first-order valence-electron chi connectivity index (χ1n) is 10.6. The van der Waals surface area contributed by atoms with Gasteiger partial charge in [-0.2, -0.15) is 0 Å². The third kappa shape index (κ3) is 4.53. The molecule has 1 saturated carbocycles. The molecule has 148 valence electrons. The first-order valence-corrected chi connectivity index (χ1v) is 10.6. The third-order valence-corrected chi connectivity index (χ3v) is 6.99. The van der Waals surface area contributed by atoms with Gasteiger partial charge in [0.15, 0.2) is 0 Å². The third-order valence-electron chi connectivity index (χ3n) is 6.99. The van der Waals surface area contributed by atoms with E-state index in [0.29, 0.717) is 23.8 Å². The Kier molecular flexibility index (Phi) is 5.81. The highest BCUT2D eigenvalue weighted by Gasteiger charge is 2.57. The Morgan fingerprint density at radius 2 is 1.93 bits per heavy atom. The van der Waals surface area contributed by atoms with Gasteiger partial charge >= 0.3 is 0 Å². The summed E-state index contributed by atoms with van der Waals surface area (Å²) in [7, 11) is 0. The van der Waals surface area contributed by atoms with E-state index in [-0.39, 0.29) is 5.92 Å². The highest BCUT2D eigenvalue weighted by atomic mass is 16.3. The van der Waals surface area contributed by atoms with E-state index in [9.17, 15) is 9.90 Å². The van der Waals surface area contributed by atoms with Crippen LogP contribution in [-0.4, -0.2) is 55.2 Å². The number of rotatable bonds is 6. The van der Waals surface area contributed by atoms with Crippen LogP contribution in [0.25, 0.3) is 0 Å². The zero-order valence-corrected chi connectivity index (χ0v) is 16.2. The molecule has 1 spiro atoms. The molecule has 0 aromatic heterocycles. The Hall–Kier alpha value is -1.43. The lowest BCUT2D eigenvalue weighted by Crippen LogP contribution is -2.41. The molecular formula is C22H33N3O2. The average Bonchev–Trinajstić information content (AvgIpc) is 3.41. The molecule has 2 saturated heterocycles. The number of aliphatic hydroxyl groups excluding tert-OH is 1. The fraction of sp³-hybridized carbons (Fsp3) is 0.682. The number of benzene rings is 1. The number of β-amino-alcohol motifs (C(OH)–C–C–N with tert-alkyl or cyclic N) is 1. The number of hydrogen-bond donors (Lipinski definition) is 3. The molecule has 5 nitrogen and oxygen atoms in total. The maximum absolute atomic E-state index is 12.5. The van der Waals surface area contributed by atoms with Gasteiger partial charge < -0.3 is 20.6 Å². The topological polar surface area (TPSA) is 64.6 Å². The van der Waals surface area contributed by atoms with Crippen molar-refractivity contribution < 1.29 is 9.90 Å². The van der Waals surface area contributed by atoms with E-state index in [1.165, 1.54) is 0 Å². The van der Waals surface area contributed by atoms with E-state index >= 15 is 0 Å². The molecule has 2 atom stereocenters. The molecular weight excluding hydrogens is 338 g/mol. The fourth-order valence-corrected chi connectivity index (χ4v) is 4.96. The SMILES string of the molecule is O=C(NCC1CCN(CC(O)c2ccccc2)CC1)C1CC12CCNCC2. The first kappa shape index (κ1) is 18.9. The molecule has 3 fully saturated rings. The number of hydrogen-bond acceptors (Lipinski definition) is 4. The van der Waals surface area contributed by atoms with Crippen molar-refractivity contribution in [3.05, 3.63) is 35.9 Å². The van der Waals surface area contributed by atoms with Crippen molar-refractivity contribution in [1.29, 1.82) is 0 Å². The molecule has 1 aliphatic carbocycles. The van der Waals surface area contributed by atoms with Gasteiger partial charge in [0.1, 0.15) is 0 Å². The zero-order chi connectivity index (χ0) is 18.7. The second-order valence-electron chi connectivity index (χ2n) is 8.78. The number of aliphatic hydroxyl groups is 1. The zero-order valence-electron chi connectivity index (χ0n) is 16.2. The van der Waals surface area contributed by atoms with E-state index in [4.69, 9.17) is 0 Å². The lowest BCUT2D eigenvalue weighted by Gasteiger charge is -2.33. The van der Waals surface area contributed by atoms with E-state index in [1.54, 1.807) is 0 Å². The van der Waals surface area contributed by atoms with Gasteiger partial charge in [0.05, 0.1) is 6.10 Å². The van der Waals surface area contributed by atoms with Crippen LogP contribution in [0.2, 0.25) is 0 Å². The van der Waals surface area contributed by atoms with Crippen molar-refractivity contribution in [2.75, 3.05) is 39.3 Å². The van der Waals surface area contributed by atoms with Gasteiger partial charge in [0, 0.05) is 19.0 Å². The Morgan fingerprint density at radius 1 is 1.22 bits per heavy atom. The maximum Gasteiger partial charge on any atom is 0.223 e. The second-order valence-corrected chi connectivity index (χ2v) is 8.78. The average molecular weight is 372 g/mol. The smallest absolute Gasteiger partial charge is 0.223 e. The van der Waals surface area contributed by atoms with Crippen molar-refractivity contribution >= 4 is 5.91 Å². The standard InChI is InChI=1S/C22H33N3O2/c26-20(18-4-2-1-3-5-18)16-25-12-6-17(7-13-25)15-24-21(27)19-14-22(19)8-10-23-11-9-22/h1-5,17,19-20,23,26H,6-16H2,(H,24,27). The summed E-state index contributed by atoms with van der Waals surface area (Å²) in [6, 6.07) is 9.90. The predicted octanol–water partition coefficient (Wildman–Crippen LogP) is 1.94. The Labute approximate surface area is 162 Å². The minimum atomic E-state index is -0.418. The number of nitrogens with zero attached hydrogens (tertiary/aromatic N) is 1. The normalized spacial score (nSPS) is 26.6. The molecule has 1 aromatic carbocycles. The van der Waals surface area contributed by atoms with Gasteiger partial charge in [0.2, 0.25) is 5.91 Å². The Bertz CT molecular complexity index is 622. The van der Waals surface area contributed by atoms with Crippen molar-refractivity contribution in [2.45, 2.75) is 38.2 Å². The lowest BCUT2D eigenvalue weighted by molar-refractivity contribution is -0.123. The van der Waals surface area contributed by atoms with Crippen LogP contribution in [0, 0.1) is 17.3 Å². The highest BCUT2D eigenvalue weighted by molar-refractivity contribution is 5.82. The number of likely N-dealkylation sites (tertiary alicyclic amines) is 1. The summed E-state index contributed by atoms with van der Waals surface area (Å²) in [4.78, 5) is 14.9. The molecule has 27 heavy (non-hydrogen) atoms. The van der Waals surface area contributed by atoms with E-state index < -0.39 is 6.10 Å². The molecule has 5 heteroatoms. The molecule has 2 aliphatic heterocycles. The van der Waals surface area contributed by atoms with Gasteiger partial charge in [-0.3, -0.25) is 4.79 Å². The minimum Gasteiger partial charge on any atom is -0.387 e. The summed E-state index contributed by atoms with van der Waals surface area (Å²) in [6.45, 7) is 5.65. The first-order chi connectivity index (χ1) is 13.2. The van der Waals surface area contributed by atoms with Crippen LogP contribution in [0.1, 0.15) is 43.8 Å². The predicted molar refractivity (Wildman–Crippen MR) is 106 cm³/mol. The molecule has 0 bridgehead atoms. The van der Waals surface area contributed by atoms with Crippen molar-refractivity contribution in [1.82, 2.24) is 15.5 Å². The van der Waals surface area contributed by atoms with Crippen LogP contribution in [-0.2, 0) is 4.79 Å². The summed E-state index contributed by atoms with van der Waals surface area (Å²) >= 11 is 0. The minimum absolute atomic E-state index is 0.265. The van der Waals surface area contributed by atoms with Crippen LogP contribution in [0.3, 0.4) is 0 Å². The van der Waals surface area contributed by atoms with Gasteiger partial charge in [0.25, 0.3) is 0 Å². The maximum atomic E-state index is 12.5. The quantitative estimate of drug-likeness (QED) is 0.715. The second kappa shape index (κ2) is 8.29. The number of amides is 1. The van der Waals surface area contributed by atoms with Gasteiger partial charge in [-0.05, 0) is 75.2 Å². The summed E-state index contributed by atoms with van der Waals surface area (Å²) in [5, 5.41) is 17.0.